The summed E-state index contributed by atoms with van der Waals surface area (Å²) in [7, 11) is -4.05. The molecule has 3 fully saturated rings. The van der Waals surface area contributed by atoms with Crippen molar-refractivity contribution in [1.29, 1.82) is 0 Å². The number of morpholine rings is 1. The maximum absolute atomic E-state index is 15.0. The molecule has 2 N–H and O–H groups in total. The van der Waals surface area contributed by atoms with Crippen LogP contribution in [0.5, 0.6) is 0 Å². The van der Waals surface area contributed by atoms with E-state index in [1.54, 1.807) is 0 Å². The van der Waals surface area contributed by atoms with Gasteiger partial charge in [-0.1, -0.05) is 29.8 Å². The zero-order valence-corrected chi connectivity index (χ0v) is 19.3. The molecule has 2 bridgehead atoms. The number of aromatic nitrogens is 3. The Hall–Kier alpha value is -3.15. The SMILES string of the molecule is Cc1cccc(Cc2nc(CN3C[C@H]4CC[C@@H]3C(=O)O4)nn2-c2ccc(S(N)(=O)=O)cc2F)c1. The summed E-state index contributed by atoms with van der Waals surface area (Å²) in [6.45, 7) is 2.91. The minimum atomic E-state index is -4.05. The monoisotopic (exact) mass is 485 g/mol. The van der Waals surface area contributed by atoms with E-state index in [0.717, 1.165) is 30.0 Å². The predicted molar refractivity (Wildman–Crippen MR) is 120 cm³/mol. The van der Waals surface area contributed by atoms with Crippen LogP contribution < -0.4 is 5.14 Å². The number of nitrogens with two attached hydrogens (primary N) is 1. The van der Waals surface area contributed by atoms with Crippen molar-refractivity contribution in [2.75, 3.05) is 6.54 Å². The minimum Gasteiger partial charge on any atom is -0.460 e. The Kier molecular flexibility index (Phi) is 5.70. The topological polar surface area (TPSA) is 120 Å². The third-order valence-corrected chi connectivity index (χ3v) is 7.09. The van der Waals surface area contributed by atoms with Gasteiger partial charge in [0.25, 0.3) is 0 Å². The van der Waals surface area contributed by atoms with Gasteiger partial charge in [-0.15, -0.1) is 5.10 Å². The molecule has 11 heteroatoms. The number of hydrogen-bond donors (Lipinski definition) is 1. The number of carbonyl (C=O) groups is 1. The standard InChI is InChI=1S/C23H24FN5O4S/c1-14-3-2-4-15(9-14)10-22-26-21(13-28-12-16-5-7-20(28)23(30)33-16)27-29(22)19-8-6-17(11-18(19)24)34(25,31)32/h2-4,6,8-9,11,16,20H,5,7,10,12-13H2,1H3,(H2,25,31,32)/t16-,20-/m1/s1. The lowest BCUT2D eigenvalue weighted by Gasteiger charge is -2.42. The molecule has 2 atom stereocenters. The highest BCUT2D eigenvalue weighted by Gasteiger charge is 2.42. The van der Waals surface area contributed by atoms with Gasteiger partial charge in [-0.2, -0.15) is 0 Å². The molecule has 178 valence electrons. The fourth-order valence-electron chi connectivity index (χ4n) is 4.58. The molecule has 0 spiro atoms. The van der Waals surface area contributed by atoms with E-state index >= 15 is 4.39 Å². The number of piperidine rings is 1. The van der Waals surface area contributed by atoms with Gasteiger partial charge < -0.3 is 4.74 Å². The fourth-order valence-corrected chi connectivity index (χ4v) is 5.10. The summed E-state index contributed by atoms with van der Waals surface area (Å²) in [4.78, 5) is 18.5. The van der Waals surface area contributed by atoms with E-state index in [4.69, 9.17) is 9.88 Å². The molecule has 3 saturated heterocycles. The maximum atomic E-state index is 15.0. The van der Waals surface area contributed by atoms with Gasteiger partial charge in [0.15, 0.2) is 5.82 Å². The van der Waals surface area contributed by atoms with Crippen LogP contribution in [-0.2, 0) is 32.5 Å². The molecule has 9 nitrogen and oxygen atoms in total. The van der Waals surface area contributed by atoms with E-state index in [1.807, 2.05) is 36.1 Å². The predicted octanol–water partition coefficient (Wildman–Crippen LogP) is 1.84. The molecule has 2 aromatic carbocycles. The van der Waals surface area contributed by atoms with Crippen LogP contribution in [-0.4, -0.2) is 52.7 Å². The zero-order valence-electron chi connectivity index (χ0n) is 18.5. The Bertz CT molecular complexity index is 1370. The Balaban J connectivity index is 1.52. The molecule has 1 aromatic heterocycles. The van der Waals surface area contributed by atoms with Gasteiger partial charge in [0.05, 0.1) is 11.4 Å². The third kappa shape index (κ3) is 4.46. The lowest BCUT2D eigenvalue weighted by molar-refractivity contribution is -0.176. The van der Waals surface area contributed by atoms with Gasteiger partial charge in [0.2, 0.25) is 10.0 Å². The van der Waals surface area contributed by atoms with E-state index < -0.39 is 15.8 Å². The van der Waals surface area contributed by atoms with E-state index in [2.05, 4.69) is 10.1 Å². The van der Waals surface area contributed by atoms with E-state index in [-0.39, 0.29) is 28.7 Å². The van der Waals surface area contributed by atoms with Gasteiger partial charge in [-0.25, -0.2) is 27.6 Å². The second-order valence-electron chi connectivity index (χ2n) is 8.76. The number of ether oxygens (including phenoxy) is 1. The summed E-state index contributed by atoms with van der Waals surface area (Å²) in [5.41, 5.74) is 2.12. The quantitative estimate of drug-likeness (QED) is 0.529. The molecule has 3 aliphatic rings. The zero-order chi connectivity index (χ0) is 24.0. The molecule has 34 heavy (non-hydrogen) atoms. The lowest BCUT2D eigenvalue weighted by Crippen LogP contribution is -2.56. The number of esters is 1. The summed E-state index contributed by atoms with van der Waals surface area (Å²) < 4.78 is 45.0. The van der Waals surface area contributed by atoms with Crippen molar-refractivity contribution in [3.63, 3.8) is 0 Å². The molecule has 0 saturated carbocycles. The number of primary sulfonamides is 1. The van der Waals surface area contributed by atoms with Crippen molar-refractivity contribution in [1.82, 2.24) is 19.7 Å². The number of nitrogens with zero attached hydrogens (tertiary/aromatic N) is 4. The van der Waals surface area contributed by atoms with E-state index in [1.165, 1.54) is 16.8 Å². The normalized spacial score (nSPS) is 20.5. The fraction of sp³-hybridized carbons (Fsp3) is 0.348. The number of carbonyl (C=O) groups excluding carboxylic acids is 1. The van der Waals surface area contributed by atoms with Crippen LogP contribution in [0.25, 0.3) is 5.69 Å². The smallest absolute Gasteiger partial charge is 0.323 e. The average Bonchev–Trinajstić information content (AvgIpc) is 3.15. The van der Waals surface area contributed by atoms with Gasteiger partial charge in [0, 0.05) is 13.0 Å². The first-order valence-corrected chi connectivity index (χ1v) is 12.5. The second-order valence-corrected chi connectivity index (χ2v) is 10.3. The van der Waals surface area contributed by atoms with Crippen LogP contribution in [0.3, 0.4) is 0 Å². The molecule has 0 radical (unpaired) electrons. The van der Waals surface area contributed by atoms with Crippen molar-refractivity contribution in [3.05, 3.63) is 71.1 Å². The Morgan fingerprint density at radius 1 is 1.21 bits per heavy atom. The summed E-state index contributed by atoms with van der Waals surface area (Å²) >= 11 is 0. The Morgan fingerprint density at radius 2 is 2.03 bits per heavy atom. The molecular weight excluding hydrogens is 461 g/mol. The summed E-state index contributed by atoms with van der Waals surface area (Å²) in [6, 6.07) is 11.0. The highest BCUT2D eigenvalue weighted by molar-refractivity contribution is 7.89. The van der Waals surface area contributed by atoms with Gasteiger partial charge >= 0.3 is 5.97 Å². The lowest BCUT2D eigenvalue weighted by atomic mass is 9.96. The van der Waals surface area contributed by atoms with Gasteiger partial charge in [0.1, 0.15) is 29.5 Å². The third-order valence-electron chi connectivity index (χ3n) is 6.18. The van der Waals surface area contributed by atoms with E-state index in [9.17, 15) is 13.2 Å². The molecule has 3 aromatic rings. The van der Waals surface area contributed by atoms with Crippen LogP contribution in [0.4, 0.5) is 4.39 Å². The Labute approximate surface area is 196 Å². The largest absolute Gasteiger partial charge is 0.460 e. The molecule has 3 aliphatic heterocycles. The summed E-state index contributed by atoms with van der Waals surface area (Å²) in [6.07, 6.45) is 1.83. The number of rotatable bonds is 6. The average molecular weight is 486 g/mol. The molecule has 4 heterocycles. The second kappa shape index (κ2) is 8.57. The number of fused-ring (bicyclic) bond motifs is 3. The molecule has 0 aliphatic carbocycles. The van der Waals surface area contributed by atoms with Crippen molar-refractivity contribution in [3.8, 4) is 5.69 Å². The summed E-state index contributed by atoms with van der Waals surface area (Å²) in [5, 5.41) is 9.68. The number of hydrogen-bond acceptors (Lipinski definition) is 7. The first kappa shape index (κ1) is 22.6. The number of halogens is 1. The van der Waals surface area contributed by atoms with Crippen LogP contribution in [0, 0.1) is 12.7 Å². The van der Waals surface area contributed by atoms with Crippen LogP contribution in [0.1, 0.15) is 35.6 Å². The van der Waals surface area contributed by atoms with Gasteiger partial charge in [-0.05, 0) is 43.5 Å². The molecule has 0 amide bonds. The number of aryl methyl sites for hydroxylation is 1. The molecule has 0 unspecified atom stereocenters. The van der Waals surface area contributed by atoms with Crippen molar-refractivity contribution >= 4 is 16.0 Å². The highest BCUT2D eigenvalue weighted by atomic mass is 32.2. The highest BCUT2D eigenvalue weighted by Crippen LogP contribution is 2.29. The minimum absolute atomic E-state index is 0.0633. The summed E-state index contributed by atoms with van der Waals surface area (Å²) in [5.74, 6) is -0.0776. The van der Waals surface area contributed by atoms with Crippen LogP contribution >= 0.6 is 0 Å². The van der Waals surface area contributed by atoms with Crippen molar-refractivity contribution < 1.29 is 22.3 Å². The first-order chi connectivity index (χ1) is 16.2. The number of sulfonamides is 1. The van der Waals surface area contributed by atoms with E-state index in [0.29, 0.717) is 31.2 Å². The van der Waals surface area contributed by atoms with Gasteiger partial charge in [-0.3, -0.25) is 9.69 Å². The first-order valence-electron chi connectivity index (χ1n) is 10.9. The Morgan fingerprint density at radius 3 is 2.71 bits per heavy atom. The van der Waals surface area contributed by atoms with Crippen molar-refractivity contribution in [2.24, 2.45) is 5.14 Å². The van der Waals surface area contributed by atoms with Crippen molar-refractivity contribution in [2.45, 2.75) is 49.8 Å². The molecular formula is C23H24FN5O4S. The van der Waals surface area contributed by atoms with Crippen LogP contribution in [0.2, 0.25) is 0 Å². The maximum Gasteiger partial charge on any atom is 0.323 e. The number of benzene rings is 2. The molecule has 6 rings (SSSR count). The van der Waals surface area contributed by atoms with Crippen LogP contribution in [0.15, 0.2) is 47.4 Å².